The van der Waals surface area contributed by atoms with Gasteiger partial charge in [-0.1, -0.05) is 40.2 Å². The summed E-state index contributed by atoms with van der Waals surface area (Å²) in [5.74, 6) is -0.0878. The molecule has 1 amide bonds. The quantitative estimate of drug-likeness (QED) is 0.880. The normalized spacial score (nSPS) is 10.5. The number of benzene rings is 1. The second-order valence-corrected chi connectivity index (χ2v) is 4.96. The maximum atomic E-state index is 12.0. The van der Waals surface area contributed by atoms with Gasteiger partial charge >= 0.3 is 0 Å². The van der Waals surface area contributed by atoms with Crippen LogP contribution in [-0.4, -0.2) is 15.7 Å². The number of alkyl halides is 1. The van der Waals surface area contributed by atoms with Gasteiger partial charge < -0.3 is 5.32 Å². The van der Waals surface area contributed by atoms with Crippen LogP contribution in [-0.2, 0) is 18.9 Å². The fourth-order valence-electron chi connectivity index (χ4n) is 1.75. The predicted octanol–water partition coefficient (Wildman–Crippen LogP) is 2.55. The minimum Gasteiger partial charge on any atom is -0.348 e. The van der Waals surface area contributed by atoms with E-state index in [9.17, 15) is 4.79 Å². The van der Waals surface area contributed by atoms with Crippen molar-refractivity contribution >= 4 is 21.8 Å². The van der Waals surface area contributed by atoms with Crippen molar-refractivity contribution in [2.75, 3.05) is 0 Å². The molecule has 4 nitrogen and oxygen atoms in total. The summed E-state index contributed by atoms with van der Waals surface area (Å²) in [6, 6.07) is 8.14. The number of aryl methyl sites for hydroxylation is 1. The van der Waals surface area contributed by atoms with Crippen LogP contribution in [0.5, 0.6) is 0 Å². The number of nitrogens with one attached hydrogen (secondary N) is 1. The Morgan fingerprint density at radius 2 is 1.95 bits per heavy atom. The highest BCUT2D eigenvalue weighted by Gasteiger charge is 2.11. The first-order valence-corrected chi connectivity index (χ1v) is 7.14. The van der Waals surface area contributed by atoms with Gasteiger partial charge in [0.15, 0.2) is 0 Å². The van der Waals surface area contributed by atoms with Gasteiger partial charge in [0.05, 0.1) is 11.8 Å². The zero-order valence-corrected chi connectivity index (χ0v) is 12.6. The summed E-state index contributed by atoms with van der Waals surface area (Å²) in [7, 11) is 1.82. The molecule has 0 radical (unpaired) electrons. The fourth-order valence-corrected chi connectivity index (χ4v) is 2.12. The van der Waals surface area contributed by atoms with Gasteiger partial charge in [-0.15, -0.1) is 0 Å². The molecule has 0 bridgehead atoms. The first-order chi connectivity index (χ1) is 9.11. The van der Waals surface area contributed by atoms with Gasteiger partial charge in [0.2, 0.25) is 0 Å². The fraction of sp³-hybridized carbons (Fsp3) is 0.286. The molecule has 0 saturated carbocycles. The molecule has 0 unspecified atom stereocenters. The number of nitrogens with zero attached hydrogens (tertiary/aromatic N) is 2. The SMILES string of the molecule is Cc1c(C(=O)NCc2ccc(CBr)cc2)cnn1C. The number of aromatic nitrogens is 2. The van der Waals surface area contributed by atoms with Gasteiger partial charge in [-0.2, -0.15) is 5.10 Å². The van der Waals surface area contributed by atoms with Crippen molar-refractivity contribution in [1.82, 2.24) is 15.1 Å². The van der Waals surface area contributed by atoms with Crippen molar-refractivity contribution in [2.45, 2.75) is 18.8 Å². The summed E-state index contributed by atoms with van der Waals surface area (Å²) in [6.45, 7) is 2.41. The van der Waals surface area contributed by atoms with Crippen molar-refractivity contribution < 1.29 is 4.79 Å². The molecule has 5 heteroatoms. The number of rotatable bonds is 4. The summed E-state index contributed by atoms with van der Waals surface area (Å²) in [5.41, 5.74) is 3.80. The maximum absolute atomic E-state index is 12.0. The Morgan fingerprint density at radius 3 is 2.47 bits per heavy atom. The molecule has 0 aliphatic rings. The minimum absolute atomic E-state index is 0.0878. The van der Waals surface area contributed by atoms with Gasteiger partial charge in [-0.05, 0) is 18.1 Å². The lowest BCUT2D eigenvalue weighted by atomic mass is 10.1. The Bertz CT molecular complexity index is 575. The van der Waals surface area contributed by atoms with Crippen LogP contribution in [0.25, 0.3) is 0 Å². The second-order valence-electron chi connectivity index (χ2n) is 4.40. The summed E-state index contributed by atoms with van der Waals surface area (Å²) in [6.07, 6.45) is 1.60. The lowest BCUT2D eigenvalue weighted by Gasteiger charge is -2.05. The van der Waals surface area contributed by atoms with Crippen molar-refractivity contribution in [3.8, 4) is 0 Å². The molecule has 1 aromatic heterocycles. The average Bonchev–Trinajstić information content (AvgIpc) is 2.77. The number of hydrogen-bond acceptors (Lipinski definition) is 2. The first kappa shape index (κ1) is 13.8. The Labute approximate surface area is 120 Å². The van der Waals surface area contributed by atoms with Crippen molar-refractivity contribution in [1.29, 1.82) is 0 Å². The van der Waals surface area contributed by atoms with Crippen molar-refractivity contribution in [3.05, 3.63) is 52.8 Å². The molecule has 0 aliphatic heterocycles. The van der Waals surface area contributed by atoms with Crippen molar-refractivity contribution in [3.63, 3.8) is 0 Å². The van der Waals surface area contributed by atoms with E-state index < -0.39 is 0 Å². The molecular weight excluding hydrogens is 306 g/mol. The predicted molar refractivity (Wildman–Crippen MR) is 78.2 cm³/mol. The van der Waals surface area contributed by atoms with E-state index in [1.54, 1.807) is 10.9 Å². The Kier molecular flexibility index (Phi) is 4.37. The van der Waals surface area contributed by atoms with Crippen LogP contribution in [0.1, 0.15) is 27.2 Å². The average molecular weight is 322 g/mol. The topological polar surface area (TPSA) is 46.9 Å². The lowest BCUT2D eigenvalue weighted by Crippen LogP contribution is -2.23. The van der Waals surface area contributed by atoms with E-state index in [0.717, 1.165) is 16.6 Å². The summed E-state index contributed by atoms with van der Waals surface area (Å²) in [5, 5.41) is 7.81. The smallest absolute Gasteiger partial charge is 0.255 e. The minimum atomic E-state index is -0.0878. The highest BCUT2D eigenvalue weighted by atomic mass is 79.9. The summed E-state index contributed by atoms with van der Waals surface area (Å²) in [4.78, 5) is 12.0. The zero-order valence-electron chi connectivity index (χ0n) is 11.0. The number of carbonyl (C=O) groups is 1. The highest BCUT2D eigenvalue weighted by molar-refractivity contribution is 9.08. The number of hydrogen-bond donors (Lipinski definition) is 1. The second kappa shape index (κ2) is 6.02. The molecule has 2 aromatic rings. The van der Waals surface area contributed by atoms with E-state index in [2.05, 4.69) is 26.3 Å². The highest BCUT2D eigenvalue weighted by Crippen LogP contribution is 2.09. The molecule has 0 spiro atoms. The van der Waals surface area contributed by atoms with Crippen LogP contribution in [0.3, 0.4) is 0 Å². The van der Waals surface area contributed by atoms with Gasteiger partial charge in [0.25, 0.3) is 5.91 Å². The number of halogens is 1. The summed E-state index contributed by atoms with van der Waals surface area (Å²) >= 11 is 3.41. The lowest BCUT2D eigenvalue weighted by molar-refractivity contribution is 0.0950. The van der Waals surface area contributed by atoms with Gasteiger partial charge in [-0.3, -0.25) is 9.48 Å². The molecule has 0 aliphatic carbocycles. The molecule has 0 fully saturated rings. The Morgan fingerprint density at radius 1 is 1.32 bits per heavy atom. The van der Waals surface area contributed by atoms with Gasteiger partial charge in [0.1, 0.15) is 0 Å². The van der Waals surface area contributed by atoms with Crippen LogP contribution >= 0.6 is 15.9 Å². The monoisotopic (exact) mass is 321 g/mol. The molecular formula is C14H16BrN3O. The molecule has 100 valence electrons. The van der Waals surface area contributed by atoms with E-state index in [0.29, 0.717) is 12.1 Å². The molecule has 1 aromatic carbocycles. The van der Waals surface area contributed by atoms with E-state index in [-0.39, 0.29) is 5.91 Å². The largest absolute Gasteiger partial charge is 0.348 e. The summed E-state index contributed by atoms with van der Waals surface area (Å²) < 4.78 is 1.69. The van der Waals surface area contributed by atoms with E-state index >= 15 is 0 Å². The van der Waals surface area contributed by atoms with Crippen LogP contribution in [0, 0.1) is 6.92 Å². The van der Waals surface area contributed by atoms with Crippen LogP contribution in [0.4, 0.5) is 0 Å². The Hall–Kier alpha value is -1.62. The maximum Gasteiger partial charge on any atom is 0.255 e. The number of amides is 1. The van der Waals surface area contributed by atoms with Crippen LogP contribution in [0.2, 0.25) is 0 Å². The zero-order chi connectivity index (χ0) is 13.8. The van der Waals surface area contributed by atoms with Crippen LogP contribution < -0.4 is 5.32 Å². The van der Waals surface area contributed by atoms with Crippen LogP contribution in [0.15, 0.2) is 30.5 Å². The van der Waals surface area contributed by atoms with E-state index in [1.807, 2.05) is 38.2 Å². The third-order valence-electron chi connectivity index (χ3n) is 3.11. The third kappa shape index (κ3) is 3.23. The number of carbonyl (C=O) groups excluding carboxylic acids is 1. The molecule has 19 heavy (non-hydrogen) atoms. The molecule has 0 atom stereocenters. The third-order valence-corrected chi connectivity index (χ3v) is 3.76. The molecule has 0 saturated heterocycles. The molecule has 1 heterocycles. The first-order valence-electron chi connectivity index (χ1n) is 6.02. The molecule has 2 rings (SSSR count). The molecule has 1 N–H and O–H groups in total. The standard InChI is InChI=1S/C14H16BrN3O/c1-10-13(9-17-18(10)2)14(19)16-8-12-5-3-11(7-15)4-6-12/h3-6,9H,7-8H2,1-2H3,(H,16,19). The Balaban J connectivity index is 1.98. The van der Waals surface area contributed by atoms with Crippen molar-refractivity contribution in [2.24, 2.45) is 7.05 Å². The van der Waals surface area contributed by atoms with E-state index in [1.165, 1.54) is 5.56 Å². The van der Waals surface area contributed by atoms with Gasteiger partial charge in [-0.25, -0.2) is 0 Å². The van der Waals surface area contributed by atoms with Gasteiger partial charge in [0, 0.05) is 24.6 Å². The van der Waals surface area contributed by atoms with E-state index in [4.69, 9.17) is 0 Å².